The van der Waals surface area contributed by atoms with E-state index in [1.54, 1.807) is 13.8 Å². The fraction of sp³-hybridized carbons (Fsp3) is 0.522. The number of ether oxygens (including phenoxy) is 1. The Morgan fingerprint density at radius 2 is 1.70 bits per heavy atom. The molecule has 0 N–H and O–H groups in total. The van der Waals surface area contributed by atoms with Crippen molar-refractivity contribution in [2.45, 2.75) is 72.0 Å². The minimum absolute atomic E-state index is 0.339. The van der Waals surface area contributed by atoms with E-state index in [-0.39, 0.29) is 5.97 Å². The van der Waals surface area contributed by atoms with Crippen molar-refractivity contribution in [2.24, 2.45) is 0 Å². The highest BCUT2D eigenvalue weighted by atomic mass is 28.3. The van der Waals surface area contributed by atoms with Crippen LogP contribution >= 0.6 is 0 Å². The molecule has 0 unspecified atom stereocenters. The number of hydrogen-bond acceptors (Lipinski definition) is 3. The Morgan fingerprint density at radius 1 is 1.11 bits per heavy atom. The van der Waals surface area contributed by atoms with Gasteiger partial charge < -0.3 is 9.15 Å². The molecular weight excluding hydrogens is 352 g/mol. The highest BCUT2D eigenvalue weighted by Gasteiger charge is 2.41. The van der Waals surface area contributed by atoms with E-state index in [9.17, 15) is 4.79 Å². The third-order valence-electron chi connectivity index (χ3n) is 5.63. The summed E-state index contributed by atoms with van der Waals surface area (Å²) < 4.78 is 10.9. The quantitative estimate of drug-likeness (QED) is 0.336. The molecule has 0 bridgehead atoms. The van der Waals surface area contributed by atoms with Crippen LogP contribution in [0.5, 0.6) is 0 Å². The number of carbonyl (C=O) groups is 1. The molecule has 0 amide bonds. The fourth-order valence-electron chi connectivity index (χ4n) is 4.37. The van der Waals surface area contributed by atoms with Crippen LogP contribution in [0.3, 0.4) is 0 Å². The predicted molar refractivity (Wildman–Crippen MR) is 115 cm³/mol. The maximum atomic E-state index is 12.3. The fourth-order valence-corrected chi connectivity index (χ4v) is 9.59. The van der Waals surface area contributed by atoms with Gasteiger partial charge in [0.25, 0.3) is 0 Å². The molecule has 1 aromatic heterocycles. The summed E-state index contributed by atoms with van der Waals surface area (Å²) in [5.74, 6) is 3.70. The lowest BCUT2D eigenvalue weighted by Gasteiger charge is -2.38. The van der Waals surface area contributed by atoms with Crippen molar-refractivity contribution in [2.75, 3.05) is 6.61 Å². The topological polar surface area (TPSA) is 39.4 Å². The number of furan rings is 1. The molecule has 1 heterocycles. The maximum Gasteiger partial charge on any atom is 0.342 e. The average molecular weight is 385 g/mol. The number of benzene rings is 1. The predicted octanol–water partition coefficient (Wildman–Crippen LogP) is 6.49. The van der Waals surface area contributed by atoms with Gasteiger partial charge in [-0.2, -0.15) is 0 Å². The van der Waals surface area contributed by atoms with E-state index in [0.717, 1.165) is 10.9 Å². The van der Waals surface area contributed by atoms with Gasteiger partial charge in [0.15, 0.2) is 0 Å². The molecule has 27 heavy (non-hydrogen) atoms. The summed E-state index contributed by atoms with van der Waals surface area (Å²) in [6, 6.07) is 5.84. The van der Waals surface area contributed by atoms with Crippen molar-refractivity contribution in [3.63, 3.8) is 0 Å². The molecule has 0 fully saturated rings. The Kier molecular flexibility index (Phi) is 6.59. The molecule has 0 aliphatic carbocycles. The van der Waals surface area contributed by atoms with Crippen LogP contribution in [0.4, 0.5) is 0 Å². The number of fused-ring (bicyclic) bond motifs is 1. The summed E-state index contributed by atoms with van der Waals surface area (Å²) in [7, 11) is -1.80. The van der Waals surface area contributed by atoms with Gasteiger partial charge in [-0.1, -0.05) is 47.5 Å². The molecule has 0 aliphatic rings. The van der Waals surface area contributed by atoms with Gasteiger partial charge in [0.05, 0.1) is 6.61 Å². The van der Waals surface area contributed by atoms with Gasteiger partial charge in [-0.15, -0.1) is 5.54 Å². The molecule has 0 radical (unpaired) electrons. The zero-order chi connectivity index (χ0) is 20.4. The monoisotopic (exact) mass is 384 g/mol. The van der Waals surface area contributed by atoms with E-state index in [1.165, 1.54) is 0 Å². The van der Waals surface area contributed by atoms with E-state index in [4.69, 9.17) is 9.15 Å². The van der Waals surface area contributed by atoms with E-state index in [2.05, 4.69) is 53.0 Å². The average Bonchev–Trinajstić information content (AvgIpc) is 2.89. The second-order valence-electron chi connectivity index (χ2n) is 8.11. The Bertz CT molecular complexity index is 856. The second-order valence-corrected chi connectivity index (χ2v) is 13.7. The van der Waals surface area contributed by atoms with Crippen molar-refractivity contribution in [1.82, 2.24) is 0 Å². The third-order valence-corrected chi connectivity index (χ3v) is 11.9. The number of rotatable bonds is 5. The second kappa shape index (κ2) is 8.35. The number of esters is 1. The van der Waals surface area contributed by atoms with Gasteiger partial charge in [-0.3, -0.25) is 0 Å². The van der Waals surface area contributed by atoms with Crippen LogP contribution < -0.4 is 0 Å². The highest BCUT2D eigenvalue weighted by molar-refractivity contribution is 6.90. The van der Waals surface area contributed by atoms with Crippen LogP contribution in [0.15, 0.2) is 22.6 Å². The van der Waals surface area contributed by atoms with Crippen molar-refractivity contribution >= 4 is 25.0 Å². The third kappa shape index (κ3) is 3.99. The molecule has 2 aromatic rings. The lowest BCUT2D eigenvalue weighted by Crippen LogP contribution is -2.43. The molecule has 0 aliphatic heterocycles. The van der Waals surface area contributed by atoms with E-state index in [1.807, 2.05) is 18.2 Å². The summed E-state index contributed by atoms with van der Waals surface area (Å²) in [4.78, 5) is 12.3. The Labute approximate surface area is 164 Å². The first-order chi connectivity index (χ1) is 12.6. The minimum atomic E-state index is -1.80. The first-order valence-corrected chi connectivity index (χ1v) is 12.1. The summed E-state index contributed by atoms with van der Waals surface area (Å²) in [6.07, 6.45) is 0. The first kappa shape index (κ1) is 21.3. The van der Waals surface area contributed by atoms with Gasteiger partial charge in [-0.05, 0) is 48.7 Å². The zero-order valence-electron chi connectivity index (χ0n) is 17.9. The molecule has 0 saturated heterocycles. The zero-order valence-corrected chi connectivity index (χ0v) is 18.9. The van der Waals surface area contributed by atoms with E-state index >= 15 is 0 Å². The standard InChI is InChI=1S/C23H32O3Si/c1-9-25-23(24)22-18(8)26-21-11-10-19(14-20(21)22)12-13-27(15(2)3,16(4)5)17(6)7/h10-11,14-17H,9H2,1-8H3. The van der Waals surface area contributed by atoms with E-state index < -0.39 is 8.07 Å². The molecule has 3 nitrogen and oxygen atoms in total. The summed E-state index contributed by atoms with van der Waals surface area (Å²) in [5.41, 5.74) is 7.61. The van der Waals surface area contributed by atoms with Gasteiger partial charge >= 0.3 is 5.97 Å². The van der Waals surface area contributed by atoms with Crippen LogP contribution in [0.25, 0.3) is 11.0 Å². The Morgan fingerprint density at radius 3 is 2.22 bits per heavy atom. The van der Waals surface area contributed by atoms with Crippen LogP contribution in [0, 0.1) is 18.4 Å². The van der Waals surface area contributed by atoms with Crippen LogP contribution in [-0.2, 0) is 4.74 Å². The molecule has 4 heteroatoms. The number of aryl methyl sites for hydroxylation is 1. The SMILES string of the molecule is CCOC(=O)c1c(C)oc2ccc(C#C[Si](C(C)C)(C(C)C)C(C)C)cc12. The van der Waals surface area contributed by atoms with Crippen LogP contribution in [0.1, 0.15) is 70.1 Å². The van der Waals surface area contributed by atoms with Crippen molar-refractivity contribution in [3.05, 3.63) is 35.1 Å². The summed E-state index contributed by atoms with van der Waals surface area (Å²) in [6.45, 7) is 17.8. The number of hydrogen-bond donors (Lipinski definition) is 0. The molecule has 146 valence electrons. The first-order valence-electron chi connectivity index (χ1n) is 9.88. The normalized spacial score (nSPS) is 12.0. The smallest absolute Gasteiger partial charge is 0.342 e. The van der Waals surface area contributed by atoms with Gasteiger partial charge in [0.2, 0.25) is 0 Å². The minimum Gasteiger partial charge on any atom is -0.462 e. The van der Waals surface area contributed by atoms with Gasteiger partial charge in [0.1, 0.15) is 25.0 Å². The van der Waals surface area contributed by atoms with Crippen molar-refractivity contribution in [3.8, 4) is 11.5 Å². The van der Waals surface area contributed by atoms with Gasteiger partial charge in [0, 0.05) is 10.9 Å². The highest BCUT2D eigenvalue weighted by Crippen LogP contribution is 2.40. The van der Waals surface area contributed by atoms with Crippen LogP contribution in [0.2, 0.25) is 16.6 Å². The molecule has 0 saturated carbocycles. The maximum absolute atomic E-state index is 12.3. The molecule has 1 aromatic carbocycles. The molecule has 2 rings (SSSR count). The van der Waals surface area contributed by atoms with Gasteiger partial charge in [-0.25, -0.2) is 4.79 Å². The van der Waals surface area contributed by atoms with Crippen LogP contribution in [-0.4, -0.2) is 20.7 Å². The largest absolute Gasteiger partial charge is 0.462 e. The Hall–Kier alpha value is -1.99. The summed E-state index contributed by atoms with van der Waals surface area (Å²) >= 11 is 0. The molecule has 0 atom stereocenters. The van der Waals surface area contributed by atoms with E-state index in [0.29, 0.717) is 40.1 Å². The number of carbonyl (C=O) groups excluding carboxylic acids is 1. The van der Waals surface area contributed by atoms with Crippen molar-refractivity contribution < 1.29 is 13.9 Å². The Balaban J connectivity index is 2.57. The molecular formula is C23H32O3Si. The lowest BCUT2D eigenvalue weighted by atomic mass is 10.1. The van der Waals surface area contributed by atoms with Crippen molar-refractivity contribution in [1.29, 1.82) is 0 Å². The molecule has 0 spiro atoms. The lowest BCUT2D eigenvalue weighted by molar-refractivity contribution is 0.0526. The summed E-state index contributed by atoms with van der Waals surface area (Å²) in [5, 5.41) is 0.781.